The van der Waals surface area contributed by atoms with Gasteiger partial charge < -0.3 is 5.73 Å². The summed E-state index contributed by atoms with van der Waals surface area (Å²) in [6.07, 6.45) is 2.06. The van der Waals surface area contributed by atoms with E-state index in [4.69, 9.17) is 5.73 Å². The number of pyridine rings is 1. The Kier molecular flexibility index (Phi) is 4.13. The molecular formula is C14H19F3N2. The predicted octanol–water partition coefficient (Wildman–Crippen LogP) is 3.93. The molecule has 106 valence electrons. The Bertz CT molecular complexity index is 431. The molecule has 1 aliphatic carbocycles. The number of halogens is 3. The maximum atomic E-state index is 13.0. The maximum absolute atomic E-state index is 13.0. The highest BCUT2D eigenvalue weighted by Gasteiger charge is 2.36. The van der Waals surface area contributed by atoms with E-state index >= 15 is 0 Å². The van der Waals surface area contributed by atoms with Crippen molar-refractivity contribution >= 4 is 0 Å². The van der Waals surface area contributed by atoms with Gasteiger partial charge in [-0.1, -0.05) is 19.8 Å². The van der Waals surface area contributed by atoms with Crippen molar-refractivity contribution < 1.29 is 13.2 Å². The number of hydrogen-bond acceptors (Lipinski definition) is 2. The average molecular weight is 272 g/mol. The van der Waals surface area contributed by atoms with Gasteiger partial charge in [-0.25, -0.2) is 0 Å². The second-order valence-electron chi connectivity index (χ2n) is 5.52. The van der Waals surface area contributed by atoms with Crippen LogP contribution in [-0.4, -0.2) is 4.98 Å². The molecule has 0 spiro atoms. The van der Waals surface area contributed by atoms with Crippen molar-refractivity contribution in [1.29, 1.82) is 0 Å². The molecule has 0 bridgehead atoms. The molecule has 1 aromatic rings. The van der Waals surface area contributed by atoms with E-state index in [1.165, 1.54) is 12.4 Å². The standard InChI is InChI=1S/C14H19F3N2/c1-9-3-2-4-10(7-9)13(18)11-8-19-6-5-12(11)14(15,16)17/h5-6,8-10,13H,2-4,7,18H2,1H3. The van der Waals surface area contributed by atoms with Crippen LogP contribution in [0.25, 0.3) is 0 Å². The summed E-state index contributed by atoms with van der Waals surface area (Å²) in [5.41, 5.74) is 5.58. The van der Waals surface area contributed by atoms with E-state index in [0.29, 0.717) is 5.92 Å². The van der Waals surface area contributed by atoms with Crippen molar-refractivity contribution in [1.82, 2.24) is 4.98 Å². The third-order valence-electron chi connectivity index (χ3n) is 4.00. The van der Waals surface area contributed by atoms with Crippen LogP contribution in [0.4, 0.5) is 13.2 Å². The van der Waals surface area contributed by atoms with Gasteiger partial charge in [-0.05, 0) is 36.3 Å². The highest BCUT2D eigenvalue weighted by atomic mass is 19.4. The highest BCUT2D eigenvalue weighted by Crippen LogP contribution is 2.40. The molecule has 5 heteroatoms. The minimum Gasteiger partial charge on any atom is -0.324 e. The largest absolute Gasteiger partial charge is 0.416 e. The van der Waals surface area contributed by atoms with E-state index in [2.05, 4.69) is 11.9 Å². The fraction of sp³-hybridized carbons (Fsp3) is 0.643. The van der Waals surface area contributed by atoms with Crippen LogP contribution in [0.1, 0.15) is 49.8 Å². The van der Waals surface area contributed by atoms with Gasteiger partial charge in [0.05, 0.1) is 5.56 Å². The van der Waals surface area contributed by atoms with Crippen LogP contribution < -0.4 is 5.73 Å². The molecule has 1 saturated carbocycles. The molecule has 1 aliphatic rings. The number of nitrogens with zero attached hydrogens (tertiary/aromatic N) is 1. The Labute approximate surface area is 111 Å². The first-order valence-corrected chi connectivity index (χ1v) is 6.66. The van der Waals surface area contributed by atoms with Gasteiger partial charge in [0.1, 0.15) is 0 Å². The van der Waals surface area contributed by atoms with Crippen LogP contribution in [0.3, 0.4) is 0 Å². The van der Waals surface area contributed by atoms with E-state index in [-0.39, 0.29) is 11.5 Å². The fourth-order valence-electron chi connectivity index (χ4n) is 2.99. The first kappa shape index (κ1) is 14.3. The Morgan fingerprint density at radius 2 is 2.11 bits per heavy atom. The van der Waals surface area contributed by atoms with Crippen LogP contribution in [-0.2, 0) is 6.18 Å². The molecular weight excluding hydrogens is 253 g/mol. The molecule has 2 rings (SSSR count). The van der Waals surface area contributed by atoms with Gasteiger partial charge in [-0.3, -0.25) is 4.98 Å². The second-order valence-corrected chi connectivity index (χ2v) is 5.52. The molecule has 1 fully saturated rings. The molecule has 0 aliphatic heterocycles. The van der Waals surface area contributed by atoms with Crippen LogP contribution in [0.2, 0.25) is 0 Å². The first-order chi connectivity index (χ1) is 8.89. The summed E-state index contributed by atoms with van der Waals surface area (Å²) in [5.74, 6) is 0.657. The van der Waals surface area contributed by atoms with E-state index in [9.17, 15) is 13.2 Å². The molecule has 0 radical (unpaired) electrons. The summed E-state index contributed by atoms with van der Waals surface area (Å²) in [6.45, 7) is 2.13. The zero-order valence-corrected chi connectivity index (χ0v) is 11.0. The van der Waals surface area contributed by atoms with Crippen molar-refractivity contribution in [3.63, 3.8) is 0 Å². The fourth-order valence-corrected chi connectivity index (χ4v) is 2.99. The number of rotatable bonds is 2. The van der Waals surface area contributed by atoms with Gasteiger partial charge in [0.2, 0.25) is 0 Å². The summed E-state index contributed by atoms with van der Waals surface area (Å²) in [4.78, 5) is 3.81. The van der Waals surface area contributed by atoms with E-state index in [1.54, 1.807) is 0 Å². The molecule has 0 saturated heterocycles. The van der Waals surface area contributed by atoms with Crippen molar-refractivity contribution in [2.45, 2.75) is 44.8 Å². The predicted molar refractivity (Wildman–Crippen MR) is 67.3 cm³/mol. The van der Waals surface area contributed by atoms with E-state index in [0.717, 1.165) is 31.7 Å². The van der Waals surface area contributed by atoms with Crippen LogP contribution >= 0.6 is 0 Å². The van der Waals surface area contributed by atoms with Gasteiger partial charge in [-0.2, -0.15) is 13.2 Å². The number of aromatic nitrogens is 1. The third kappa shape index (κ3) is 3.26. The SMILES string of the molecule is CC1CCCC(C(N)c2cnccc2C(F)(F)F)C1. The molecule has 2 N–H and O–H groups in total. The van der Waals surface area contributed by atoms with Crippen molar-refractivity contribution in [2.24, 2.45) is 17.6 Å². The van der Waals surface area contributed by atoms with Crippen LogP contribution in [0, 0.1) is 11.8 Å². The maximum Gasteiger partial charge on any atom is 0.416 e. The second kappa shape index (κ2) is 5.49. The lowest BCUT2D eigenvalue weighted by molar-refractivity contribution is -0.138. The molecule has 2 nitrogen and oxygen atoms in total. The molecule has 3 unspecified atom stereocenters. The topological polar surface area (TPSA) is 38.9 Å². The quantitative estimate of drug-likeness (QED) is 0.886. The smallest absolute Gasteiger partial charge is 0.324 e. The zero-order chi connectivity index (χ0) is 14.0. The van der Waals surface area contributed by atoms with Crippen molar-refractivity contribution in [3.05, 3.63) is 29.6 Å². The normalized spacial score (nSPS) is 26.2. The van der Waals surface area contributed by atoms with Gasteiger partial charge >= 0.3 is 6.18 Å². The average Bonchev–Trinajstić information content (AvgIpc) is 2.37. The summed E-state index contributed by atoms with van der Waals surface area (Å²) >= 11 is 0. The van der Waals surface area contributed by atoms with E-state index < -0.39 is 17.8 Å². The summed E-state index contributed by atoms with van der Waals surface area (Å²) < 4.78 is 38.9. The van der Waals surface area contributed by atoms with E-state index in [1.807, 2.05) is 0 Å². The lowest BCUT2D eigenvalue weighted by atomic mass is 9.76. The van der Waals surface area contributed by atoms with Gasteiger partial charge in [-0.15, -0.1) is 0 Å². The molecule has 3 atom stereocenters. The Morgan fingerprint density at radius 3 is 2.74 bits per heavy atom. The lowest BCUT2D eigenvalue weighted by Gasteiger charge is -2.32. The summed E-state index contributed by atoms with van der Waals surface area (Å²) in [5, 5.41) is 0. The van der Waals surface area contributed by atoms with Gasteiger partial charge in [0.25, 0.3) is 0 Å². The molecule has 19 heavy (non-hydrogen) atoms. The van der Waals surface area contributed by atoms with Crippen molar-refractivity contribution in [3.8, 4) is 0 Å². The van der Waals surface area contributed by atoms with Crippen LogP contribution in [0.15, 0.2) is 18.5 Å². The Hall–Kier alpha value is -1.10. The van der Waals surface area contributed by atoms with Crippen LogP contribution in [0.5, 0.6) is 0 Å². The minimum absolute atomic E-state index is 0.119. The molecule has 0 aromatic carbocycles. The van der Waals surface area contributed by atoms with Crippen molar-refractivity contribution in [2.75, 3.05) is 0 Å². The molecule has 0 amide bonds. The number of nitrogens with two attached hydrogens (primary N) is 1. The third-order valence-corrected chi connectivity index (χ3v) is 4.00. The Morgan fingerprint density at radius 1 is 1.37 bits per heavy atom. The molecule has 1 heterocycles. The Balaban J connectivity index is 2.26. The number of alkyl halides is 3. The van der Waals surface area contributed by atoms with Gasteiger partial charge in [0, 0.05) is 18.4 Å². The van der Waals surface area contributed by atoms with Gasteiger partial charge in [0.15, 0.2) is 0 Å². The molecule has 1 aromatic heterocycles. The summed E-state index contributed by atoms with van der Waals surface area (Å²) in [7, 11) is 0. The summed E-state index contributed by atoms with van der Waals surface area (Å²) in [6, 6.07) is 0.439. The first-order valence-electron chi connectivity index (χ1n) is 6.66. The zero-order valence-electron chi connectivity index (χ0n) is 11.0. The highest BCUT2D eigenvalue weighted by molar-refractivity contribution is 5.29. The lowest BCUT2D eigenvalue weighted by Crippen LogP contribution is -2.28. The monoisotopic (exact) mass is 272 g/mol. The minimum atomic E-state index is -4.36. The number of hydrogen-bond donors (Lipinski definition) is 1.